The maximum Gasteiger partial charge on any atom is -0.0162 e. The lowest BCUT2D eigenvalue weighted by Crippen LogP contribution is -2.23. The maximum absolute atomic E-state index is 2.52. The Bertz CT molecular complexity index is 538. The van der Waals surface area contributed by atoms with Gasteiger partial charge in [-0.05, 0) is 79.2 Å². The van der Waals surface area contributed by atoms with E-state index >= 15 is 0 Å². The third-order valence-corrected chi connectivity index (χ3v) is 8.27. The molecule has 0 unspecified atom stereocenters. The van der Waals surface area contributed by atoms with E-state index in [2.05, 4.69) is 45.0 Å². The molecule has 0 nitrogen and oxygen atoms in total. The lowest BCUT2D eigenvalue weighted by atomic mass is 9.68. The molecule has 3 rings (SSSR count). The predicted octanol–water partition coefficient (Wildman–Crippen LogP) is 9.08. The van der Waals surface area contributed by atoms with Crippen molar-refractivity contribution in [1.82, 2.24) is 0 Å². The molecule has 2 aliphatic carbocycles. The molecule has 0 N–H and O–H groups in total. The number of aryl methyl sites for hydroxylation is 1. The fourth-order valence-corrected chi connectivity index (χ4v) is 6.13. The van der Waals surface area contributed by atoms with E-state index in [4.69, 9.17) is 0 Å². The Hall–Kier alpha value is -0.780. The highest BCUT2D eigenvalue weighted by Gasteiger charge is 2.30. The molecule has 0 amide bonds. The number of hydrogen-bond donors (Lipinski definition) is 0. The second-order valence-electron chi connectivity index (χ2n) is 10.6. The van der Waals surface area contributed by atoms with E-state index in [9.17, 15) is 0 Å². The Kier molecular flexibility index (Phi) is 8.49. The van der Waals surface area contributed by atoms with Crippen LogP contribution in [0.5, 0.6) is 0 Å². The van der Waals surface area contributed by atoms with E-state index in [0.29, 0.717) is 5.41 Å². The average molecular weight is 383 g/mol. The van der Waals surface area contributed by atoms with Crippen LogP contribution < -0.4 is 0 Å². The van der Waals surface area contributed by atoms with Crippen LogP contribution in [0.2, 0.25) is 0 Å². The van der Waals surface area contributed by atoms with Gasteiger partial charge in [-0.1, -0.05) is 96.4 Å². The molecule has 0 aliphatic heterocycles. The second-order valence-corrected chi connectivity index (χ2v) is 10.6. The first-order chi connectivity index (χ1) is 13.6. The summed E-state index contributed by atoms with van der Waals surface area (Å²) in [5.41, 5.74) is 3.81. The topological polar surface area (TPSA) is 0 Å². The second kappa shape index (κ2) is 10.8. The van der Waals surface area contributed by atoms with E-state index in [1.807, 2.05) is 0 Å². The highest BCUT2D eigenvalue weighted by molar-refractivity contribution is 5.26. The van der Waals surface area contributed by atoms with Crippen LogP contribution in [0.1, 0.15) is 128 Å². The van der Waals surface area contributed by atoms with E-state index in [0.717, 1.165) is 17.8 Å². The SMILES string of the molecule is CCCC[C@H]1CC[C@H](CCc2ccc(C3CCC(C)(CCC)CC3)cc2)CC1. The van der Waals surface area contributed by atoms with Gasteiger partial charge in [0.1, 0.15) is 0 Å². The van der Waals surface area contributed by atoms with Crippen LogP contribution in [0.4, 0.5) is 0 Å². The van der Waals surface area contributed by atoms with Crippen LogP contribution in [0.3, 0.4) is 0 Å². The third kappa shape index (κ3) is 6.36. The van der Waals surface area contributed by atoms with Crippen LogP contribution >= 0.6 is 0 Å². The van der Waals surface area contributed by atoms with Crippen molar-refractivity contribution in [3.8, 4) is 0 Å². The van der Waals surface area contributed by atoms with Gasteiger partial charge in [-0.15, -0.1) is 0 Å². The predicted molar refractivity (Wildman–Crippen MR) is 124 cm³/mol. The van der Waals surface area contributed by atoms with Gasteiger partial charge in [-0.3, -0.25) is 0 Å². The number of unbranched alkanes of at least 4 members (excludes halogenated alkanes) is 1. The summed E-state index contributed by atoms with van der Waals surface area (Å²) in [6, 6.07) is 9.82. The van der Waals surface area contributed by atoms with Gasteiger partial charge in [-0.2, -0.15) is 0 Å². The van der Waals surface area contributed by atoms with Crippen molar-refractivity contribution < 1.29 is 0 Å². The molecule has 0 radical (unpaired) electrons. The van der Waals surface area contributed by atoms with Crippen molar-refractivity contribution in [2.75, 3.05) is 0 Å². The van der Waals surface area contributed by atoms with Crippen molar-refractivity contribution >= 4 is 0 Å². The van der Waals surface area contributed by atoms with Crippen LogP contribution in [0.25, 0.3) is 0 Å². The lowest BCUT2D eigenvalue weighted by Gasteiger charge is -2.37. The average Bonchev–Trinajstić information content (AvgIpc) is 2.72. The first-order valence-corrected chi connectivity index (χ1v) is 12.7. The summed E-state index contributed by atoms with van der Waals surface area (Å²) < 4.78 is 0. The zero-order chi connectivity index (χ0) is 19.8. The minimum absolute atomic E-state index is 0.626. The number of hydrogen-bond acceptors (Lipinski definition) is 0. The summed E-state index contributed by atoms with van der Waals surface area (Å²) in [6.07, 6.45) is 21.4. The van der Waals surface area contributed by atoms with E-state index in [1.54, 1.807) is 11.1 Å². The quantitative estimate of drug-likeness (QED) is 0.399. The highest BCUT2D eigenvalue weighted by Crippen LogP contribution is 2.45. The van der Waals surface area contributed by atoms with E-state index in [1.165, 1.54) is 96.3 Å². The Balaban J connectivity index is 1.39. The minimum Gasteiger partial charge on any atom is -0.0654 e. The normalized spacial score (nSPS) is 31.0. The fraction of sp³-hybridized carbons (Fsp3) is 0.786. The summed E-state index contributed by atoms with van der Waals surface area (Å²) in [5, 5.41) is 0. The summed E-state index contributed by atoms with van der Waals surface area (Å²) in [5.74, 6) is 2.86. The van der Waals surface area contributed by atoms with Crippen molar-refractivity contribution in [3.05, 3.63) is 35.4 Å². The standard InChI is InChI=1S/C28H46/c1-4-6-7-23-8-10-24(11-9-23)12-13-25-14-16-26(17-15-25)27-18-21-28(3,20-5-2)22-19-27/h14-17,23-24,27H,4-13,18-22H2,1-3H3/t23-,24-,27?,28?. The van der Waals surface area contributed by atoms with E-state index in [-0.39, 0.29) is 0 Å². The Morgan fingerprint density at radius 1 is 0.786 bits per heavy atom. The fourth-order valence-electron chi connectivity index (χ4n) is 6.13. The molecule has 158 valence electrons. The minimum atomic E-state index is 0.626. The molecule has 0 aromatic heterocycles. The van der Waals surface area contributed by atoms with Gasteiger partial charge in [0, 0.05) is 0 Å². The molecule has 0 heteroatoms. The molecule has 0 atom stereocenters. The molecular weight excluding hydrogens is 336 g/mol. The van der Waals surface area contributed by atoms with Gasteiger partial charge in [0.2, 0.25) is 0 Å². The molecule has 2 saturated carbocycles. The number of rotatable bonds is 9. The summed E-state index contributed by atoms with van der Waals surface area (Å²) in [6.45, 7) is 7.19. The third-order valence-electron chi connectivity index (χ3n) is 8.27. The van der Waals surface area contributed by atoms with Crippen molar-refractivity contribution in [1.29, 1.82) is 0 Å². The summed E-state index contributed by atoms with van der Waals surface area (Å²) in [4.78, 5) is 0. The molecule has 0 heterocycles. The van der Waals surface area contributed by atoms with Gasteiger partial charge in [0.25, 0.3) is 0 Å². The lowest BCUT2D eigenvalue weighted by molar-refractivity contribution is 0.182. The van der Waals surface area contributed by atoms with E-state index < -0.39 is 0 Å². The smallest absolute Gasteiger partial charge is 0.0162 e. The molecule has 0 spiro atoms. The van der Waals surface area contributed by atoms with Crippen LogP contribution in [-0.2, 0) is 6.42 Å². The van der Waals surface area contributed by atoms with Crippen molar-refractivity contribution in [3.63, 3.8) is 0 Å². The zero-order valence-corrected chi connectivity index (χ0v) is 19.1. The van der Waals surface area contributed by atoms with Crippen molar-refractivity contribution in [2.24, 2.45) is 17.3 Å². The van der Waals surface area contributed by atoms with Gasteiger partial charge in [0.05, 0.1) is 0 Å². The van der Waals surface area contributed by atoms with Crippen LogP contribution in [0.15, 0.2) is 24.3 Å². The molecule has 2 aliphatic rings. The Morgan fingerprint density at radius 3 is 1.96 bits per heavy atom. The molecular formula is C28H46. The largest absolute Gasteiger partial charge is 0.0654 e. The first-order valence-electron chi connectivity index (χ1n) is 12.7. The highest BCUT2D eigenvalue weighted by atomic mass is 14.4. The Morgan fingerprint density at radius 2 is 1.39 bits per heavy atom. The van der Waals surface area contributed by atoms with Gasteiger partial charge in [0.15, 0.2) is 0 Å². The molecule has 1 aromatic carbocycles. The van der Waals surface area contributed by atoms with Crippen molar-refractivity contribution in [2.45, 2.75) is 123 Å². The first kappa shape index (κ1) is 21.9. The maximum atomic E-state index is 2.52. The summed E-state index contributed by atoms with van der Waals surface area (Å²) >= 11 is 0. The Labute approximate surface area is 175 Å². The monoisotopic (exact) mass is 382 g/mol. The zero-order valence-electron chi connectivity index (χ0n) is 19.1. The molecule has 0 saturated heterocycles. The molecule has 28 heavy (non-hydrogen) atoms. The molecule has 2 fully saturated rings. The van der Waals surface area contributed by atoms with Crippen LogP contribution in [-0.4, -0.2) is 0 Å². The molecule has 1 aromatic rings. The molecule has 0 bridgehead atoms. The van der Waals surface area contributed by atoms with Gasteiger partial charge >= 0.3 is 0 Å². The summed E-state index contributed by atoms with van der Waals surface area (Å²) in [7, 11) is 0. The van der Waals surface area contributed by atoms with Gasteiger partial charge in [-0.25, -0.2) is 0 Å². The number of benzene rings is 1. The van der Waals surface area contributed by atoms with Crippen LogP contribution in [0, 0.1) is 17.3 Å². The van der Waals surface area contributed by atoms with Gasteiger partial charge < -0.3 is 0 Å².